The van der Waals surface area contributed by atoms with Gasteiger partial charge in [-0.25, -0.2) is 4.79 Å². The van der Waals surface area contributed by atoms with E-state index >= 15 is 9.59 Å². The number of esters is 1. The number of aliphatic hydroxyl groups is 1. The van der Waals surface area contributed by atoms with E-state index in [1.54, 1.807) is 127 Å². The van der Waals surface area contributed by atoms with Crippen molar-refractivity contribution < 1.29 is 77.0 Å². The van der Waals surface area contributed by atoms with Gasteiger partial charge in [-0.15, -0.1) is 0 Å². The molecule has 30 heteroatoms. The lowest BCUT2D eigenvalue weighted by Crippen LogP contribution is -2.64. The molecular weight excluding hydrogens is 1350 g/mol. The molecule has 15 N–H and O–H groups in total. The molecular formula is C75H124N14O16. The van der Waals surface area contributed by atoms with Crippen molar-refractivity contribution >= 4 is 82.8 Å². The van der Waals surface area contributed by atoms with Crippen molar-refractivity contribution in [1.82, 2.24) is 68.7 Å². The zero-order chi connectivity index (χ0) is 79.4. The molecule has 1 aromatic rings. The second-order valence-electron chi connectivity index (χ2n) is 30.2. The number of likely N-dealkylation sites (tertiary alicyclic amines) is 1. The molecule has 0 aromatic heterocycles. The summed E-state index contributed by atoms with van der Waals surface area (Å²) in [6.07, 6.45) is 1.02. The first-order chi connectivity index (χ1) is 49.2. The van der Waals surface area contributed by atoms with Crippen LogP contribution < -0.4 is 69.5 Å². The SMILES string of the molecule is C/C=C1\NC(=O)[C@H](Cc2ccccc2)NC(=O)[C@@H](C(C)C)NC(=O)[C@@H](C(C)CC)NC(=O)[C@H](NC(=O)[C@H](NC(=O)[C@H](CCCN)NC(=O)[C@H]2CCCN2C(=O)[C@H](NC(=O)[C@@H](NC(=O)C(NC(=O)[C@H](NC(=O)CCCC(C)C)C(C)C)[C@@H](C)O)C(C)C)C(C)C)C(C)CC)C(C)OC(=O)[C@H](C(C)C)NC1=O. The van der Waals surface area contributed by atoms with Gasteiger partial charge in [-0.1, -0.05) is 166 Å². The van der Waals surface area contributed by atoms with E-state index in [0.717, 1.165) is 6.42 Å². The fraction of sp³-hybridized carbons (Fsp3) is 0.707. The van der Waals surface area contributed by atoms with Gasteiger partial charge in [-0.3, -0.25) is 62.3 Å². The average Bonchev–Trinajstić information content (AvgIpc) is 1.79. The Hall–Kier alpha value is -8.54. The second-order valence-corrected chi connectivity index (χ2v) is 30.2. The van der Waals surface area contributed by atoms with Crippen LogP contribution in [0.5, 0.6) is 0 Å². The maximum absolute atomic E-state index is 15.0. The highest BCUT2D eigenvalue weighted by Gasteiger charge is 2.44. The number of benzene rings is 1. The largest absolute Gasteiger partial charge is 0.458 e. The molecule has 2 heterocycles. The normalized spacial score (nSPS) is 22.6. The lowest BCUT2D eigenvalue weighted by molar-refractivity contribution is -0.157. The summed E-state index contributed by atoms with van der Waals surface area (Å²) >= 11 is 0. The van der Waals surface area contributed by atoms with E-state index in [2.05, 4.69) is 63.8 Å². The van der Waals surface area contributed by atoms with Crippen molar-refractivity contribution in [3.8, 4) is 0 Å². The van der Waals surface area contributed by atoms with E-state index in [1.807, 2.05) is 13.8 Å². The molecule has 13 amide bonds. The van der Waals surface area contributed by atoms with Gasteiger partial charge in [0.15, 0.2) is 0 Å². The number of ether oxygens (including phenoxy) is 1. The smallest absolute Gasteiger partial charge is 0.329 e. The fourth-order valence-electron chi connectivity index (χ4n) is 12.1. The summed E-state index contributed by atoms with van der Waals surface area (Å²) < 4.78 is 5.96. The average molecular weight is 1480 g/mol. The van der Waals surface area contributed by atoms with Gasteiger partial charge in [-0.05, 0) is 112 Å². The van der Waals surface area contributed by atoms with Gasteiger partial charge in [0.25, 0.3) is 5.91 Å². The van der Waals surface area contributed by atoms with Gasteiger partial charge in [-0.2, -0.15) is 0 Å². The molecule has 30 nitrogen and oxygen atoms in total. The monoisotopic (exact) mass is 1480 g/mol. The molecule has 1 aromatic carbocycles. The Morgan fingerprint density at radius 2 is 1.15 bits per heavy atom. The number of amides is 13. The summed E-state index contributed by atoms with van der Waals surface area (Å²) in [5.41, 5.74) is 6.34. The van der Waals surface area contributed by atoms with Gasteiger partial charge in [0.05, 0.1) is 6.10 Å². The van der Waals surface area contributed by atoms with Crippen molar-refractivity contribution in [2.75, 3.05) is 13.1 Å². The van der Waals surface area contributed by atoms with Crippen LogP contribution in [0.25, 0.3) is 0 Å². The molecule has 16 atom stereocenters. The van der Waals surface area contributed by atoms with E-state index in [-0.39, 0.29) is 63.2 Å². The van der Waals surface area contributed by atoms with Gasteiger partial charge < -0.3 is 84.3 Å². The Labute approximate surface area is 620 Å². The highest BCUT2D eigenvalue weighted by atomic mass is 16.5. The van der Waals surface area contributed by atoms with Crippen molar-refractivity contribution in [1.29, 1.82) is 0 Å². The topological polar surface area (TPSA) is 442 Å². The zero-order valence-corrected chi connectivity index (χ0v) is 65.2. The molecule has 4 unspecified atom stereocenters. The lowest BCUT2D eigenvalue weighted by Gasteiger charge is -2.33. The predicted octanol–water partition coefficient (Wildman–Crippen LogP) is 1.84. The number of nitrogens with one attached hydrogen (secondary N) is 12. The molecule has 2 saturated heterocycles. The minimum Gasteiger partial charge on any atom is -0.458 e. The Bertz CT molecular complexity index is 3160. The molecule has 2 aliphatic rings. The molecule has 2 aliphatic heterocycles. The molecule has 0 spiro atoms. The lowest BCUT2D eigenvalue weighted by atomic mass is 9.95. The van der Waals surface area contributed by atoms with Crippen molar-refractivity contribution in [2.24, 2.45) is 53.1 Å². The zero-order valence-electron chi connectivity index (χ0n) is 65.2. The molecule has 2 fully saturated rings. The van der Waals surface area contributed by atoms with Gasteiger partial charge in [0.2, 0.25) is 70.9 Å². The molecule has 0 saturated carbocycles. The third kappa shape index (κ3) is 27.7. The van der Waals surface area contributed by atoms with Crippen molar-refractivity contribution in [3.63, 3.8) is 0 Å². The quantitative estimate of drug-likeness (QED) is 0.0353. The number of aliphatic hydroxyl groups excluding tert-OH is 1. The maximum Gasteiger partial charge on any atom is 0.329 e. The summed E-state index contributed by atoms with van der Waals surface area (Å²) in [6, 6.07) is -7.67. The number of nitrogens with zero attached hydrogens (tertiary/aromatic N) is 1. The number of hydrogen-bond donors (Lipinski definition) is 14. The number of nitrogens with two attached hydrogens (primary N) is 1. The number of cyclic esters (lactones) is 1. The number of carbonyl (C=O) groups is 14. The Kier molecular flexibility index (Phi) is 37.8. The third-order valence-corrected chi connectivity index (χ3v) is 19.3. The first kappa shape index (κ1) is 90.7. The molecule has 105 heavy (non-hydrogen) atoms. The van der Waals surface area contributed by atoms with Gasteiger partial charge >= 0.3 is 5.97 Å². The van der Waals surface area contributed by atoms with E-state index in [9.17, 15) is 62.6 Å². The summed E-state index contributed by atoms with van der Waals surface area (Å²) in [5, 5.41) is 43.2. The van der Waals surface area contributed by atoms with Crippen molar-refractivity contribution in [3.05, 3.63) is 47.7 Å². The molecule has 0 aliphatic carbocycles. The van der Waals surface area contributed by atoms with Gasteiger partial charge in [0, 0.05) is 19.4 Å². The maximum atomic E-state index is 15.0. The number of rotatable bonds is 33. The minimum atomic E-state index is -1.83. The van der Waals surface area contributed by atoms with E-state index in [1.165, 1.54) is 31.7 Å². The summed E-state index contributed by atoms with van der Waals surface area (Å²) in [7, 11) is 0. The van der Waals surface area contributed by atoms with Gasteiger partial charge in [0.1, 0.15) is 84.3 Å². The van der Waals surface area contributed by atoms with Crippen LogP contribution in [0.1, 0.15) is 195 Å². The number of allylic oxidation sites excluding steroid dienone is 1. The van der Waals surface area contributed by atoms with Crippen LogP contribution in [-0.4, -0.2) is 191 Å². The minimum absolute atomic E-state index is 0.0355. The van der Waals surface area contributed by atoms with Crippen LogP contribution in [-0.2, 0) is 78.3 Å². The molecule has 590 valence electrons. The molecule has 0 bridgehead atoms. The summed E-state index contributed by atoms with van der Waals surface area (Å²) in [4.78, 5) is 202. The van der Waals surface area contributed by atoms with Crippen LogP contribution in [0.4, 0.5) is 0 Å². The van der Waals surface area contributed by atoms with Crippen LogP contribution in [0.2, 0.25) is 0 Å². The van der Waals surface area contributed by atoms with Crippen LogP contribution in [0, 0.1) is 47.3 Å². The van der Waals surface area contributed by atoms with E-state index in [4.69, 9.17) is 10.5 Å². The first-order valence-corrected chi connectivity index (χ1v) is 37.5. The number of carbonyl (C=O) groups excluding carboxylic acids is 14. The number of hydrogen-bond acceptors (Lipinski definition) is 17. The predicted molar refractivity (Wildman–Crippen MR) is 395 cm³/mol. The highest BCUT2D eigenvalue weighted by molar-refractivity contribution is 6.03. The Morgan fingerprint density at radius 1 is 0.610 bits per heavy atom. The summed E-state index contributed by atoms with van der Waals surface area (Å²) in [5.74, 6) is -15.1. The summed E-state index contributed by atoms with van der Waals surface area (Å²) in [6.45, 7) is 31.8. The van der Waals surface area contributed by atoms with Crippen molar-refractivity contribution in [2.45, 2.75) is 280 Å². The van der Waals surface area contributed by atoms with Crippen LogP contribution in [0.3, 0.4) is 0 Å². The highest BCUT2D eigenvalue weighted by Crippen LogP contribution is 2.23. The van der Waals surface area contributed by atoms with Crippen LogP contribution in [0.15, 0.2) is 42.1 Å². The first-order valence-electron chi connectivity index (χ1n) is 37.5. The fourth-order valence-corrected chi connectivity index (χ4v) is 12.1. The standard InChI is InChI=1S/C75H124N14O16/c1-20-44(16)59(71(100)88-62-47(19)105-75(104)58(43(14)15)84-63(92)49(22-3)77-65(94)51(37-48-30-24-23-25-31-48)79-67(96)55(40(8)9)81-70(99)60(45(17)21-2)86-73(62)102)85-64(93)50(32-27-35-76)78-66(95)52-33-28-36-89(52)74(103)57(42(12)13)83-69(98)56(41(10)11)82-72(101)61(46(18)90)87-68(97)54(39(6)7)80-53(91)34-26-29-38(4)5/h22-25,30-31,38-47,50-52,54-62,90H,20-21,26-29,32-37,76H2,1-19H3,(H,77,94)(H,78,95)(H,79,96)(H,80,91)(H,81,99)(H,82,101)(H,83,98)(H,84,92)(H,85,93)(H,86,102)(H,87,97)(H,88,100)/b49-22-/t44?,45?,46-,47?,50+,51+,52-,54-,55-,56+,57-,58+,59-,60-,61?,62-/m1/s1. The second kappa shape index (κ2) is 43.8. The molecule has 3 rings (SSSR count). The van der Waals surface area contributed by atoms with E-state index in [0.29, 0.717) is 30.7 Å². The molecule has 0 radical (unpaired) electrons. The third-order valence-electron chi connectivity index (χ3n) is 19.3. The van der Waals surface area contributed by atoms with Crippen LogP contribution >= 0.6 is 0 Å². The Balaban J connectivity index is 2.00. The Morgan fingerprint density at radius 3 is 1.69 bits per heavy atom. The van der Waals surface area contributed by atoms with E-state index < -0.39 is 203 Å².